The van der Waals surface area contributed by atoms with E-state index in [1.54, 1.807) is 0 Å². The number of aliphatic hydroxyl groups excluding tert-OH is 4. The van der Waals surface area contributed by atoms with Crippen LogP contribution in [-0.2, 0) is 11.2 Å². The molecule has 2 fully saturated rings. The molecule has 1 unspecified atom stereocenters. The second-order valence-corrected chi connectivity index (χ2v) is 8.78. The Morgan fingerprint density at radius 2 is 1.65 bits per heavy atom. The zero-order valence-electron chi connectivity index (χ0n) is 17.9. The van der Waals surface area contributed by atoms with Crippen LogP contribution in [0.15, 0.2) is 42.5 Å². The molecule has 1 saturated carbocycles. The maximum Gasteiger partial charge on any atom is 0.119 e. The Bertz CT molecular complexity index is 859. The predicted molar refractivity (Wildman–Crippen MR) is 116 cm³/mol. The molecule has 1 saturated heterocycles. The lowest BCUT2D eigenvalue weighted by Gasteiger charge is -2.40. The van der Waals surface area contributed by atoms with E-state index < -0.39 is 37.1 Å². The number of aliphatic hydroxyl groups is 4. The van der Waals surface area contributed by atoms with Crippen molar-refractivity contribution in [1.82, 2.24) is 0 Å². The molecule has 2 aromatic carbocycles. The zero-order chi connectivity index (χ0) is 22.0. The average molecular weight is 429 g/mol. The first kappa shape index (κ1) is 22.2. The van der Waals surface area contributed by atoms with Crippen molar-refractivity contribution in [3.63, 3.8) is 0 Å². The second kappa shape index (κ2) is 9.67. The Balaban J connectivity index is 1.49. The van der Waals surface area contributed by atoms with Gasteiger partial charge in [0.15, 0.2) is 0 Å². The van der Waals surface area contributed by atoms with Gasteiger partial charge in [-0.25, -0.2) is 0 Å². The molecule has 0 amide bonds. The Hall–Kier alpha value is -1.96. The van der Waals surface area contributed by atoms with E-state index in [0.717, 1.165) is 35.3 Å². The van der Waals surface area contributed by atoms with Crippen LogP contribution in [0, 0.1) is 6.92 Å². The monoisotopic (exact) mass is 428 g/mol. The van der Waals surface area contributed by atoms with Crippen LogP contribution in [-0.4, -0.2) is 57.6 Å². The molecule has 4 N–H and O–H groups in total. The summed E-state index contributed by atoms with van der Waals surface area (Å²) in [6.45, 7) is 1.60. The molecule has 1 aliphatic carbocycles. The van der Waals surface area contributed by atoms with Crippen LogP contribution in [0.1, 0.15) is 54.0 Å². The van der Waals surface area contributed by atoms with Crippen molar-refractivity contribution in [2.45, 2.75) is 75.7 Å². The number of benzene rings is 2. The highest BCUT2D eigenvalue weighted by Gasteiger charge is 2.43. The first-order chi connectivity index (χ1) is 15.0. The van der Waals surface area contributed by atoms with Gasteiger partial charge >= 0.3 is 0 Å². The van der Waals surface area contributed by atoms with Crippen molar-refractivity contribution in [2.75, 3.05) is 6.61 Å². The third-order valence-corrected chi connectivity index (χ3v) is 6.52. The van der Waals surface area contributed by atoms with Gasteiger partial charge in [-0.05, 0) is 73.4 Å². The first-order valence-electron chi connectivity index (χ1n) is 11.1. The highest BCUT2D eigenvalue weighted by atomic mass is 16.5. The number of rotatable bonds is 6. The molecular formula is C25H32O6. The largest absolute Gasteiger partial charge is 0.490 e. The Labute approximate surface area is 183 Å². The SMILES string of the molecule is Cc1ccc([C@@H]2OC(CO)[C@@H](O)[C@H](O)[C@H]2O)cc1Cc1ccc(OC2CCCC2)cc1. The molecule has 5 atom stereocenters. The summed E-state index contributed by atoms with van der Waals surface area (Å²) in [7, 11) is 0. The quantitative estimate of drug-likeness (QED) is 0.564. The fourth-order valence-corrected chi connectivity index (χ4v) is 4.54. The van der Waals surface area contributed by atoms with Gasteiger partial charge in [-0.2, -0.15) is 0 Å². The Kier molecular flexibility index (Phi) is 6.94. The summed E-state index contributed by atoms with van der Waals surface area (Å²) in [5.41, 5.74) is 4.05. The van der Waals surface area contributed by atoms with Crippen molar-refractivity contribution in [1.29, 1.82) is 0 Å². The maximum absolute atomic E-state index is 10.4. The normalized spacial score (nSPS) is 29.3. The van der Waals surface area contributed by atoms with Crippen LogP contribution < -0.4 is 4.74 Å². The smallest absolute Gasteiger partial charge is 0.119 e. The minimum atomic E-state index is -1.38. The third kappa shape index (κ3) is 4.94. The van der Waals surface area contributed by atoms with Gasteiger partial charge in [0.25, 0.3) is 0 Å². The molecule has 0 bridgehead atoms. The maximum atomic E-state index is 10.4. The van der Waals surface area contributed by atoms with Crippen molar-refractivity contribution in [2.24, 2.45) is 0 Å². The summed E-state index contributed by atoms with van der Waals surface area (Å²) < 4.78 is 11.8. The summed E-state index contributed by atoms with van der Waals surface area (Å²) in [4.78, 5) is 0. The molecule has 1 heterocycles. The van der Waals surface area contributed by atoms with E-state index in [4.69, 9.17) is 9.47 Å². The van der Waals surface area contributed by atoms with E-state index in [-0.39, 0.29) is 0 Å². The van der Waals surface area contributed by atoms with E-state index in [9.17, 15) is 20.4 Å². The van der Waals surface area contributed by atoms with E-state index in [1.807, 2.05) is 37.3 Å². The van der Waals surface area contributed by atoms with Crippen molar-refractivity contribution in [3.05, 3.63) is 64.7 Å². The fourth-order valence-electron chi connectivity index (χ4n) is 4.54. The second-order valence-electron chi connectivity index (χ2n) is 8.78. The average Bonchev–Trinajstić information content (AvgIpc) is 3.28. The van der Waals surface area contributed by atoms with Crippen LogP contribution in [0.5, 0.6) is 5.75 Å². The van der Waals surface area contributed by atoms with Gasteiger partial charge in [-0.3, -0.25) is 0 Å². The van der Waals surface area contributed by atoms with Crippen LogP contribution in [0.4, 0.5) is 0 Å². The lowest BCUT2D eigenvalue weighted by molar-refractivity contribution is -0.231. The summed E-state index contributed by atoms with van der Waals surface area (Å²) in [6.07, 6.45) is 0.0400. The highest BCUT2D eigenvalue weighted by Crippen LogP contribution is 2.33. The molecule has 0 radical (unpaired) electrons. The molecule has 6 heteroatoms. The highest BCUT2D eigenvalue weighted by molar-refractivity contribution is 5.38. The molecule has 168 valence electrons. The summed E-state index contributed by atoms with van der Waals surface area (Å²) in [6, 6.07) is 14.0. The standard InChI is InChI=1S/C25H32O6/c1-15-6-9-17(25-24(29)23(28)22(27)21(14-26)31-25)13-18(15)12-16-7-10-20(11-8-16)30-19-4-2-3-5-19/h6-11,13,19,21-29H,2-5,12,14H2,1H3/t21?,22-,23+,24-,25+/m1/s1. The van der Waals surface area contributed by atoms with Gasteiger partial charge < -0.3 is 29.9 Å². The Morgan fingerprint density at radius 3 is 2.32 bits per heavy atom. The molecular weight excluding hydrogens is 396 g/mol. The number of ether oxygens (including phenoxy) is 2. The lowest BCUT2D eigenvalue weighted by atomic mass is 9.89. The Morgan fingerprint density at radius 1 is 0.935 bits per heavy atom. The van der Waals surface area contributed by atoms with Gasteiger partial charge in [-0.15, -0.1) is 0 Å². The van der Waals surface area contributed by atoms with Crippen LogP contribution >= 0.6 is 0 Å². The summed E-state index contributed by atoms with van der Waals surface area (Å²) in [5, 5.41) is 40.0. The molecule has 1 aliphatic heterocycles. The minimum Gasteiger partial charge on any atom is -0.490 e. The van der Waals surface area contributed by atoms with E-state index >= 15 is 0 Å². The zero-order valence-corrected chi connectivity index (χ0v) is 17.9. The van der Waals surface area contributed by atoms with Crippen LogP contribution in [0.3, 0.4) is 0 Å². The number of hydrogen-bond acceptors (Lipinski definition) is 6. The minimum absolute atomic E-state index is 0.336. The van der Waals surface area contributed by atoms with E-state index in [1.165, 1.54) is 12.8 Å². The molecule has 6 nitrogen and oxygen atoms in total. The van der Waals surface area contributed by atoms with Gasteiger partial charge in [-0.1, -0.05) is 30.3 Å². The fraction of sp³-hybridized carbons (Fsp3) is 0.520. The van der Waals surface area contributed by atoms with Gasteiger partial charge in [0.1, 0.15) is 36.3 Å². The predicted octanol–water partition coefficient (Wildman–Crippen LogP) is 2.42. The third-order valence-electron chi connectivity index (χ3n) is 6.52. The first-order valence-corrected chi connectivity index (χ1v) is 11.1. The van der Waals surface area contributed by atoms with E-state index in [0.29, 0.717) is 18.1 Å². The lowest BCUT2D eigenvalue weighted by Crippen LogP contribution is -2.55. The summed E-state index contributed by atoms with van der Waals surface area (Å²) in [5.74, 6) is 0.905. The summed E-state index contributed by atoms with van der Waals surface area (Å²) >= 11 is 0. The molecule has 0 spiro atoms. The topological polar surface area (TPSA) is 99.4 Å². The van der Waals surface area contributed by atoms with Gasteiger partial charge in [0, 0.05) is 0 Å². The van der Waals surface area contributed by atoms with Gasteiger partial charge in [0.2, 0.25) is 0 Å². The number of hydrogen-bond donors (Lipinski definition) is 4. The van der Waals surface area contributed by atoms with Gasteiger partial charge in [0.05, 0.1) is 12.7 Å². The van der Waals surface area contributed by atoms with Crippen LogP contribution in [0.2, 0.25) is 0 Å². The molecule has 0 aromatic heterocycles. The molecule has 31 heavy (non-hydrogen) atoms. The van der Waals surface area contributed by atoms with Crippen molar-refractivity contribution >= 4 is 0 Å². The number of aryl methyl sites for hydroxylation is 1. The van der Waals surface area contributed by atoms with Crippen LogP contribution in [0.25, 0.3) is 0 Å². The molecule has 2 aromatic rings. The molecule has 4 rings (SSSR count). The van der Waals surface area contributed by atoms with E-state index in [2.05, 4.69) is 12.1 Å². The van der Waals surface area contributed by atoms with Crippen molar-refractivity contribution in [3.8, 4) is 5.75 Å². The van der Waals surface area contributed by atoms with Crippen molar-refractivity contribution < 1.29 is 29.9 Å². The molecule has 2 aliphatic rings.